The number of rotatable bonds is 3. The topological polar surface area (TPSA) is 46.9 Å². The molecule has 0 spiro atoms. The minimum atomic E-state index is -0.0923. The number of nitrogens with one attached hydrogen (secondary N) is 1. The predicted molar refractivity (Wildman–Crippen MR) is 107 cm³/mol. The van der Waals surface area contributed by atoms with Crippen LogP contribution in [-0.2, 0) is 11.5 Å². The summed E-state index contributed by atoms with van der Waals surface area (Å²) in [5.74, 6) is 2.47. The number of hydrogen-bond acceptors (Lipinski definition) is 3. The van der Waals surface area contributed by atoms with Crippen LogP contribution in [-0.4, -0.2) is 15.7 Å². The fraction of sp³-hybridized carbons (Fsp3) is 0.238. The van der Waals surface area contributed by atoms with Gasteiger partial charge in [0.1, 0.15) is 5.82 Å². The number of thioether (sulfide) groups is 1. The third kappa shape index (κ3) is 3.15. The summed E-state index contributed by atoms with van der Waals surface area (Å²) < 4.78 is 1.87. The summed E-state index contributed by atoms with van der Waals surface area (Å²) >= 11 is 1.83. The molecule has 0 bridgehead atoms. The van der Waals surface area contributed by atoms with E-state index in [0.717, 1.165) is 45.4 Å². The Morgan fingerprint density at radius 1 is 1.04 bits per heavy atom. The molecule has 26 heavy (non-hydrogen) atoms. The fourth-order valence-corrected chi connectivity index (χ4v) is 4.41. The Morgan fingerprint density at radius 2 is 1.81 bits per heavy atom. The normalized spacial score (nSPS) is 12.9. The molecule has 3 aromatic rings. The van der Waals surface area contributed by atoms with Gasteiger partial charge < -0.3 is 5.32 Å². The van der Waals surface area contributed by atoms with Crippen LogP contribution in [0.2, 0.25) is 0 Å². The molecule has 4 rings (SSSR count). The van der Waals surface area contributed by atoms with Gasteiger partial charge in [-0.05, 0) is 50.6 Å². The first-order chi connectivity index (χ1) is 12.5. The second-order valence-electron chi connectivity index (χ2n) is 6.85. The van der Waals surface area contributed by atoms with Crippen molar-refractivity contribution in [3.05, 3.63) is 76.0 Å². The maximum absolute atomic E-state index is 12.9. The van der Waals surface area contributed by atoms with Gasteiger partial charge in [-0.25, -0.2) is 4.68 Å². The number of fused-ring (bicyclic) bond motifs is 1. The Kier molecular flexibility index (Phi) is 4.32. The number of carbonyl (C=O) groups is 1. The SMILES string of the molecule is Cc1cc(C)cc(C(=O)Nc2c3c(nn2-c2cccc(C)c2)CSC3)c1. The van der Waals surface area contributed by atoms with E-state index in [1.54, 1.807) is 0 Å². The van der Waals surface area contributed by atoms with E-state index in [9.17, 15) is 4.79 Å². The molecule has 0 unspecified atom stereocenters. The van der Waals surface area contributed by atoms with E-state index in [1.807, 2.05) is 54.6 Å². The Morgan fingerprint density at radius 3 is 2.54 bits per heavy atom. The monoisotopic (exact) mass is 363 g/mol. The van der Waals surface area contributed by atoms with Crippen molar-refractivity contribution in [1.29, 1.82) is 0 Å². The minimum absolute atomic E-state index is 0.0923. The summed E-state index contributed by atoms with van der Waals surface area (Å²) in [6.07, 6.45) is 0. The summed E-state index contributed by atoms with van der Waals surface area (Å²) in [5.41, 5.74) is 7.19. The van der Waals surface area contributed by atoms with Crippen LogP contribution in [0.15, 0.2) is 42.5 Å². The molecule has 0 fully saturated rings. The van der Waals surface area contributed by atoms with E-state index in [4.69, 9.17) is 5.10 Å². The predicted octanol–water partition coefficient (Wildman–Crippen LogP) is 4.80. The van der Waals surface area contributed by atoms with Gasteiger partial charge in [0.05, 0.1) is 11.4 Å². The van der Waals surface area contributed by atoms with Crippen LogP contribution in [0, 0.1) is 20.8 Å². The second kappa shape index (κ2) is 6.65. The van der Waals surface area contributed by atoms with Gasteiger partial charge in [0.25, 0.3) is 5.91 Å². The summed E-state index contributed by atoms with van der Waals surface area (Å²) in [6.45, 7) is 6.08. The van der Waals surface area contributed by atoms with Crippen molar-refractivity contribution in [2.75, 3.05) is 5.32 Å². The van der Waals surface area contributed by atoms with Crippen LogP contribution in [0.4, 0.5) is 5.82 Å². The zero-order valence-electron chi connectivity index (χ0n) is 15.2. The van der Waals surface area contributed by atoms with Gasteiger partial charge in [0, 0.05) is 22.6 Å². The lowest BCUT2D eigenvalue weighted by Crippen LogP contribution is -2.16. The molecule has 5 heteroatoms. The van der Waals surface area contributed by atoms with Crippen LogP contribution in [0.5, 0.6) is 0 Å². The van der Waals surface area contributed by atoms with Crippen LogP contribution < -0.4 is 5.32 Å². The van der Waals surface area contributed by atoms with E-state index in [0.29, 0.717) is 5.56 Å². The molecule has 0 radical (unpaired) electrons. The van der Waals surface area contributed by atoms with Crippen molar-refractivity contribution in [3.63, 3.8) is 0 Å². The first-order valence-electron chi connectivity index (χ1n) is 8.66. The van der Waals surface area contributed by atoms with Gasteiger partial charge in [-0.2, -0.15) is 16.9 Å². The van der Waals surface area contributed by atoms with Crippen molar-refractivity contribution in [1.82, 2.24) is 9.78 Å². The van der Waals surface area contributed by atoms with Crippen LogP contribution >= 0.6 is 11.8 Å². The van der Waals surface area contributed by atoms with E-state index in [1.165, 1.54) is 5.56 Å². The number of nitrogens with zero attached hydrogens (tertiary/aromatic N) is 2. The summed E-state index contributed by atoms with van der Waals surface area (Å²) in [6, 6.07) is 14.1. The molecule has 132 valence electrons. The van der Waals surface area contributed by atoms with E-state index in [-0.39, 0.29) is 5.91 Å². The quantitative estimate of drug-likeness (QED) is 0.727. The molecule has 0 saturated carbocycles. The number of aromatic nitrogens is 2. The Bertz CT molecular complexity index is 986. The number of aryl methyl sites for hydroxylation is 3. The van der Waals surface area contributed by atoms with E-state index >= 15 is 0 Å². The zero-order chi connectivity index (χ0) is 18.3. The molecular weight excluding hydrogens is 342 g/mol. The summed E-state index contributed by atoms with van der Waals surface area (Å²) in [7, 11) is 0. The Balaban J connectivity index is 1.75. The number of amides is 1. The summed E-state index contributed by atoms with van der Waals surface area (Å²) in [5, 5.41) is 7.89. The summed E-state index contributed by atoms with van der Waals surface area (Å²) in [4.78, 5) is 12.9. The van der Waals surface area contributed by atoms with E-state index < -0.39 is 0 Å². The first kappa shape index (κ1) is 16.9. The smallest absolute Gasteiger partial charge is 0.256 e. The molecule has 2 aromatic carbocycles. The highest BCUT2D eigenvalue weighted by Gasteiger charge is 2.25. The average molecular weight is 363 g/mol. The van der Waals surface area contributed by atoms with Gasteiger partial charge in [-0.1, -0.05) is 29.3 Å². The first-order valence-corrected chi connectivity index (χ1v) is 9.82. The third-order valence-electron chi connectivity index (χ3n) is 4.51. The van der Waals surface area contributed by atoms with Gasteiger partial charge in [-0.15, -0.1) is 0 Å². The van der Waals surface area contributed by atoms with Crippen LogP contribution in [0.3, 0.4) is 0 Å². The highest BCUT2D eigenvalue weighted by Crippen LogP contribution is 2.36. The molecule has 1 aromatic heterocycles. The van der Waals surface area contributed by atoms with E-state index in [2.05, 4.69) is 30.4 Å². The standard InChI is InChI=1S/C21H21N3OS/c1-13-5-4-6-17(10-13)24-20(18-11-26-12-19(18)23-24)22-21(25)16-8-14(2)7-15(3)9-16/h4-10H,11-12H2,1-3H3,(H,22,25). The highest BCUT2D eigenvalue weighted by molar-refractivity contribution is 7.98. The van der Waals surface area contributed by atoms with Gasteiger partial charge in [-0.3, -0.25) is 4.79 Å². The number of benzene rings is 2. The third-order valence-corrected chi connectivity index (χ3v) is 5.48. The largest absolute Gasteiger partial charge is 0.306 e. The second-order valence-corrected chi connectivity index (χ2v) is 7.83. The average Bonchev–Trinajstić information content (AvgIpc) is 3.16. The molecular formula is C21H21N3OS. The fourth-order valence-electron chi connectivity index (χ4n) is 3.37. The van der Waals surface area contributed by atoms with Crippen LogP contribution in [0.1, 0.15) is 38.3 Å². The Hall–Kier alpha value is -2.53. The Labute approximate surface area is 157 Å². The van der Waals surface area contributed by atoms with Gasteiger partial charge >= 0.3 is 0 Å². The highest BCUT2D eigenvalue weighted by atomic mass is 32.2. The molecule has 1 amide bonds. The van der Waals surface area contributed by atoms with Crippen molar-refractivity contribution in [3.8, 4) is 5.69 Å². The lowest BCUT2D eigenvalue weighted by atomic mass is 10.1. The van der Waals surface area contributed by atoms with Crippen molar-refractivity contribution < 1.29 is 4.79 Å². The molecule has 4 nitrogen and oxygen atoms in total. The molecule has 1 aliphatic rings. The minimum Gasteiger partial charge on any atom is -0.306 e. The number of anilines is 1. The molecule has 2 heterocycles. The lowest BCUT2D eigenvalue weighted by molar-refractivity contribution is 0.102. The number of carbonyl (C=O) groups excluding carboxylic acids is 1. The van der Waals surface area contributed by atoms with Crippen molar-refractivity contribution in [2.45, 2.75) is 32.3 Å². The maximum Gasteiger partial charge on any atom is 0.256 e. The number of hydrogen-bond donors (Lipinski definition) is 1. The van der Waals surface area contributed by atoms with Crippen molar-refractivity contribution >= 4 is 23.5 Å². The van der Waals surface area contributed by atoms with Gasteiger partial charge in [0.15, 0.2) is 0 Å². The maximum atomic E-state index is 12.9. The molecule has 1 N–H and O–H groups in total. The molecule has 0 saturated heterocycles. The molecule has 0 aliphatic carbocycles. The van der Waals surface area contributed by atoms with Crippen LogP contribution in [0.25, 0.3) is 5.69 Å². The van der Waals surface area contributed by atoms with Gasteiger partial charge in [0.2, 0.25) is 0 Å². The molecule has 1 aliphatic heterocycles. The zero-order valence-corrected chi connectivity index (χ0v) is 16.0. The van der Waals surface area contributed by atoms with Crippen molar-refractivity contribution in [2.24, 2.45) is 0 Å². The lowest BCUT2D eigenvalue weighted by Gasteiger charge is -2.12. The molecule has 0 atom stereocenters.